The molecule has 4 heteroatoms. The molecule has 1 N–H and O–H groups in total. The van der Waals surface area contributed by atoms with E-state index in [1.54, 1.807) is 25.2 Å². The van der Waals surface area contributed by atoms with Crippen molar-refractivity contribution in [3.63, 3.8) is 0 Å². The van der Waals surface area contributed by atoms with Gasteiger partial charge in [0, 0.05) is 20.5 Å². The van der Waals surface area contributed by atoms with E-state index >= 15 is 0 Å². The smallest absolute Gasteiger partial charge is 0.253 e. The quantitative estimate of drug-likeness (QED) is 0.937. The largest absolute Gasteiger partial charge is 0.348 e. The number of hydrogen-bond donors (Lipinski definition) is 1. The van der Waals surface area contributed by atoms with Gasteiger partial charge in [0.15, 0.2) is 0 Å². The van der Waals surface area contributed by atoms with Gasteiger partial charge in [0.1, 0.15) is 0 Å². The number of nitrogens with one attached hydrogen (secondary N) is 1. The van der Waals surface area contributed by atoms with Crippen LogP contribution < -0.4 is 10.2 Å². The van der Waals surface area contributed by atoms with E-state index in [-0.39, 0.29) is 11.8 Å². The molecule has 2 aromatic rings. The van der Waals surface area contributed by atoms with Crippen molar-refractivity contribution < 1.29 is 9.59 Å². The predicted octanol–water partition coefficient (Wildman–Crippen LogP) is 2.60. The highest BCUT2D eigenvalue weighted by Crippen LogP contribution is 2.19. The van der Waals surface area contributed by atoms with Gasteiger partial charge in [-0.15, -0.1) is 0 Å². The lowest BCUT2D eigenvalue weighted by Crippen LogP contribution is -2.29. The Morgan fingerprint density at radius 3 is 2.29 bits per heavy atom. The van der Waals surface area contributed by atoms with Crippen molar-refractivity contribution >= 4 is 17.5 Å². The second-order valence-corrected chi connectivity index (χ2v) is 4.76. The summed E-state index contributed by atoms with van der Waals surface area (Å²) in [5.74, 6) is -0.305. The summed E-state index contributed by atoms with van der Waals surface area (Å²) in [6, 6.07) is 16.8. The summed E-state index contributed by atoms with van der Waals surface area (Å²) in [7, 11) is 1.66. The van der Waals surface area contributed by atoms with E-state index in [0.29, 0.717) is 17.8 Å². The Labute approximate surface area is 124 Å². The lowest BCUT2D eigenvalue weighted by atomic mass is 10.1. The minimum Gasteiger partial charge on any atom is -0.348 e. The minimum atomic E-state index is -0.192. The third kappa shape index (κ3) is 3.69. The Hall–Kier alpha value is -2.62. The summed E-state index contributed by atoms with van der Waals surface area (Å²) >= 11 is 0. The first kappa shape index (κ1) is 14.8. The van der Waals surface area contributed by atoms with Crippen molar-refractivity contribution in [1.82, 2.24) is 5.32 Å². The van der Waals surface area contributed by atoms with Gasteiger partial charge in [0.2, 0.25) is 5.91 Å². The SMILES string of the molecule is CC(=O)N(C)c1ccccc1C(=O)NCc1ccccc1. The fourth-order valence-electron chi connectivity index (χ4n) is 2.00. The summed E-state index contributed by atoms with van der Waals surface area (Å²) in [5, 5.41) is 2.87. The molecule has 0 aromatic heterocycles. The number of carbonyl (C=O) groups excluding carboxylic acids is 2. The highest BCUT2D eigenvalue weighted by molar-refractivity contribution is 6.04. The molecular formula is C17H18N2O2. The lowest BCUT2D eigenvalue weighted by Gasteiger charge is -2.18. The molecule has 0 fully saturated rings. The van der Waals surface area contributed by atoms with Gasteiger partial charge >= 0.3 is 0 Å². The standard InChI is InChI=1S/C17H18N2O2/c1-13(20)19(2)16-11-7-6-10-15(16)17(21)18-12-14-8-4-3-5-9-14/h3-11H,12H2,1-2H3,(H,18,21). The number of carbonyl (C=O) groups is 2. The van der Waals surface area contributed by atoms with E-state index in [0.717, 1.165) is 5.56 Å². The van der Waals surface area contributed by atoms with Crippen LogP contribution in [0.5, 0.6) is 0 Å². The summed E-state index contributed by atoms with van der Waals surface area (Å²) in [4.78, 5) is 25.3. The van der Waals surface area contributed by atoms with E-state index < -0.39 is 0 Å². The van der Waals surface area contributed by atoms with Crippen LogP contribution in [0.1, 0.15) is 22.8 Å². The van der Waals surface area contributed by atoms with Gasteiger partial charge in [-0.25, -0.2) is 0 Å². The number of anilines is 1. The van der Waals surface area contributed by atoms with Crippen LogP contribution in [0.2, 0.25) is 0 Å². The van der Waals surface area contributed by atoms with Gasteiger partial charge in [-0.3, -0.25) is 9.59 Å². The van der Waals surface area contributed by atoms with Crippen LogP contribution in [0, 0.1) is 0 Å². The first-order valence-corrected chi connectivity index (χ1v) is 6.75. The topological polar surface area (TPSA) is 49.4 Å². The maximum Gasteiger partial charge on any atom is 0.253 e. The van der Waals surface area contributed by atoms with Gasteiger partial charge < -0.3 is 10.2 Å². The van der Waals surface area contributed by atoms with Gasteiger partial charge in [0.05, 0.1) is 11.3 Å². The van der Waals surface area contributed by atoms with Crippen molar-refractivity contribution in [3.05, 3.63) is 65.7 Å². The Morgan fingerprint density at radius 1 is 1.00 bits per heavy atom. The highest BCUT2D eigenvalue weighted by Gasteiger charge is 2.15. The maximum absolute atomic E-state index is 12.3. The molecule has 0 aliphatic carbocycles. The predicted molar refractivity (Wildman–Crippen MR) is 83.1 cm³/mol. The molecule has 2 aromatic carbocycles. The van der Waals surface area contributed by atoms with E-state index in [2.05, 4.69) is 5.32 Å². The molecule has 2 rings (SSSR count). The van der Waals surface area contributed by atoms with Crippen molar-refractivity contribution in [2.45, 2.75) is 13.5 Å². The van der Waals surface area contributed by atoms with Gasteiger partial charge in [-0.2, -0.15) is 0 Å². The Bertz CT molecular complexity index is 638. The molecular weight excluding hydrogens is 264 g/mol. The molecule has 0 bridgehead atoms. The van der Waals surface area contributed by atoms with Crippen LogP contribution in [-0.2, 0) is 11.3 Å². The van der Waals surface area contributed by atoms with Gasteiger partial charge in [0.25, 0.3) is 5.91 Å². The average Bonchev–Trinajstić information content (AvgIpc) is 2.52. The van der Waals surface area contributed by atoms with Crippen LogP contribution >= 0.6 is 0 Å². The average molecular weight is 282 g/mol. The molecule has 0 saturated carbocycles. The highest BCUT2D eigenvalue weighted by atomic mass is 16.2. The number of para-hydroxylation sites is 1. The normalized spacial score (nSPS) is 10.0. The second kappa shape index (κ2) is 6.70. The fourth-order valence-corrected chi connectivity index (χ4v) is 2.00. The minimum absolute atomic E-state index is 0.113. The first-order chi connectivity index (χ1) is 10.1. The lowest BCUT2D eigenvalue weighted by molar-refractivity contribution is -0.116. The summed E-state index contributed by atoms with van der Waals surface area (Å²) in [6.45, 7) is 1.93. The molecule has 0 unspecified atom stereocenters. The molecule has 0 radical (unpaired) electrons. The fraction of sp³-hybridized carbons (Fsp3) is 0.176. The first-order valence-electron chi connectivity index (χ1n) is 6.75. The molecule has 4 nitrogen and oxygen atoms in total. The molecule has 0 saturated heterocycles. The molecule has 21 heavy (non-hydrogen) atoms. The van der Waals surface area contributed by atoms with Gasteiger partial charge in [-0.05, 0) is 17.7 Å². The van der Waals surface area contributed by atoms with Crippen molar-refractivity contribution in [3.8, 4) is 0 Å². The zero-order valence-electron chi connectivity index (χ0n) is 12.2. The monoisotopic (exact) mass is 282 g/mol. The molecule has 0 spiro atoms. The van der Waals surface area contributed by atoms with Crippen LogP contribution in [-0.4, -0.2) is 18.9 Å². The molecule has 0 heterocycles. The van der Waals surface area contributed by atoms with E-state index in [9.17, 15) is 9.59 Å². The number of hydrogen-bond acceptors (Lipinski definition) is 2. The molecule has 108 valence electrons. The second-order valence-electron chi connectivity index (χ2n) is 4.76. The number of rotatable bonds is 4. The van der Waals surface area contributed by atoms with Crippen LogP contribution in [0.15, 0.2) is 54.6 Å². The van der Waals surface area contributed by atoms with Crippen LogP contribution in [0.3, 0.4) is 0 Å². The van der Waals surface area contributed by atoms with Crippen LogP contribution in [0.25, 0.3) is 0 Å². The van der Waals surface area contributed by atoms with Crippen molar-refractivity contribution in [2.24, 2.45) is 0 Å². The zero-order valence-corrected chi connectivity index (χ0v) is 12.2. The molecule has 0 atom stereocenters. The Kier molecular flexibility index (Phi) is 4.72. The van der Waals surface area contributed by atoms with Crippen molar-refractivity contribution in [1.29, 1.82) is 0 Å². The van der Waals surface area contributed by atoms with Gasteiger partial charge in [-0.1, -0.05) is 42.5 Å². The Balaban J connectivity index is 2.14. The van der Waals surface area contributed by atoms with Crippen LogP contribution in [0.4, 0.5) is 5.69 Å². The Morgan fingerprint density at radius 2 is 1.62 bits per heavy atom. The zero-order chi connectivity index (χ0) is 15.2. The number of nitrogens with zero attached hydrogens (tertiary/aromatic N) is 1. The third-order valence-corrected chi connectivity index (χ3v) is 3.28. The molecule has 0 aliphatic heterocycles. The summed E-state index contributed by atoms with van der Waals surface area (Å²) < 4.78 is 0. The molecule has 2 amide bonds. The number of benzene rings is 2. The molecule has 0 aliphatic rings. The third-order valence-electron chi connectivity index (χ3n) is 3.28. The van der Waals surface area contributed by atoms with E-state index in [1.807, 2.05) is 36.4 Å². The van der Waals surface area contributed by atoms with E-state index in [4.69, 9.17) is 0 Å². The maximum atomic E-state index is 12.3. The summed E-state index contributed by atoms with van der Waals surface area (Å²) in [5.41, 5.74) is 2.13. The summed E-state index contributed by atoms with van der Waals surface area (Å²) in [6.07, 6.45) is 0. The number of amides is 2. The van der Waals surface area contributed by atoms with Crippen molar-refractivity contribution in [2.75, 3.05) is 11.9 Å². The van der Waals surface area contributed by atoms with E-state index in [1.165, 1.54) is 11.8 Å².